The van der Waals surface area contributed by atoms with Gasteiger partial charge < -0.3 is 10.6 Å². The molecule has 3 heterocycles. The van der Waals surface area contributed by atoms with E-state index in [0.29, 0.717) is 44.4 Å². The number of hydrogen-bond donors (Lipinski definition) is 2. The van der Waals surface area contributed by atoms with Gasteiger partial charge in [-0.15, -0.1) is 5.10 Å². The maximum Gasteiger partial charge on any atom is 0.269 e. The number of thioether (sulfide) groups is 1. The first-order chi connectivity index (χ1) is 17.9. The first kappa shape index (κ1) is 24.5. The van der Waals surface area contributed by atoms with Crippen LogP contribution in [0.25, 0.3) is 0 Å². The molecule has 0 bridgehead atoms. The molecule has 5 rings (SSSR count). The van der Waals surface area contributed by atoms with Crippen LogP contribution in [-0.4, -0.2) is 30.6 Å². The molecule has 1 atom stereocenters. The number of nitro benzene ring substituents is 1. The molecule has 1 aliphatic rings. The summed E-state index contributed by atoms with van der Waals surface area (Å²) in [4.78, 5) is 32.9. The van der Waals surface area contributed by atoms with Crippen molar-refractivity contribution in [3.63, 3.8) is 0 Å². The zero-order valence-corrected chi connectivity index (χ0v) is 21.0. The summed E-state index contributed by atoms with van der Waals surface area (Å²) in [7, 11) is 0. The van der Waals surface area contributed by atoms with Gasteiger partial charge in [0, 0.05) is 34.8 Å². The number of nitrogens with zero attached hydrogens (tertiary/aromatic N) is 5. The van der Waals surface area contributed by atoms with Crippen LogP contribution in [0.4, 0.5) is 17.3 Å². The molecule has 0 saturated carbocycles. The highest BCUT2D eigenvalue weighted by atomic mass is 35.5. The van der Waals surface area contributed by atoms with Gasteiger partial charge in [-0.3, -0.25) is 19.9 Å². The molecule has 0 saturated heterocycles. The number of benzene rings is 2. The number of fused-ring (bicyclic) bond motifs is 1. The Bertz CT molecular complexity index is 1510. The number of nitro groups is 1. The third-order valence-corrected chi connectivity index (χ3v) is 6.99. The molecular weight excluding hydrogens is 514 g/mol. The third kappa shape index (κ3) is 5.18. The maximum absolute atomic E-state index is 13.5. The van der Waals surface area contributed by atoms with Crippen LogP contribution in [0.3, 0.4) is 0 Å². The molecule has 12 heteroatoms. The zero-order chi connectivity index (χ0) is 25.9. The molecule has 0 aliphatic carbocycles. The summed E-state index contributed by atoms with van der Waals surface area (Å²) in [6.45, 7) is 1.78. The minimum Gasteiger partial charge on any atom is -0.328 e. The Labute approximate surface area is 220 Å². The number of hydrogen-bond acceptors (Lipinski definition) is 8. The van der Waals surface area contributed by atoms with Crippen LogP contribution in [0.15, 0.2) is 89.5 Å². The van der Waals surface area contributed by atoms with E-state index >= 15 is 0 Å². The standard InChI is InChI=1S/C25H20ClN7O3S/c1-15-21(23(34)29-18-6-4-12-27-13-18)22(16-8-10-19(11-9-16)33(35)36)32-24(28-15)30-25(31-32)37-14-17-5-2-3-7-20(17)26/h2-13,22H,14H2,1H3,(H,29,34)(H,28,30,31)/t22-/m0/s1. The normalized spacial score (nSPS) is 14.6. The lowest BCUT2D eigenvalue weighted by Gasteiger charge is -2.28. The number of carbonyl (C=O) groups excluding carboxylic acids is 1. The van der Waals surface area contributed by atoms with Gasteiger partial charge in [0.2, 0.25) is 11.1 Å². The molecule has 0 spiro atoms. The number of aromatic nitrogens is 4. The summed E-state index contributed by atoms with van der Waals surface area (Å²) >= 11 is 7.71. The van der Waals surface area contributed by atoms with E-state index in [1.807, 2.05) is 24.3 Å². The van der Waals surface area contributed by atoms with Crippen molar-refractivity contribution in [3.05, 3.63) is 111 Å². The van der Waals surface area contributed by atoms with Crippen molar-refractivity contribution in [2.75, 3.05) is 10.6 Å². The fourth-order valence-electron chi connectivity index (χ4n) is 3.97. The zero-order valence-electron chi connectivity index (χ0n) is 19.5. The van der Waals surface area contributed by atoms with Crippen LogP contribution in [0, 0.1) is 10.1 Å². The molecule has 2 aromatic carbocycles. The number of nitrogens with one attached hydrogen (secondary N) is 2. The van der Waals surface area contributed by atoms with Gasteiger partial charge in [0.1, 0.15) is 6.04 Å². The molecule has 1 aliphatic heterocycles. The monoisotopic (exact) mass is 533 g/mol. The molecule has 186 valence electrons. The highest BCUT2D eigenvalue weighted by Gasteiger charge is 2.34. The number of non-ortho nitro benzene ring substituents is 1. The van der Waals surface area contributed by atoms with Crippen molar-refractivity contribution in [2.45, 2.75) is 23.9 Å². The smallest absolute Gasteiger partial charge is 0.269 e. The van der Waals surface area contributed by atoms with Crippen molar-refractivity contribution in [1.82, 2.24) is 19.7 Å². The second-order valence-corrected chi connectivity index (χ2v) is 9.50. The van der Waals surface area contributed by atoms with Crippen LogP contribution >= 0.6 is 23.4 Å². The second kappa shape index (κ2) is 10.4. The number of rotatable bonds is 7. The lowest BCUT2D eigenvalue weighted by molar-refractivity contribution is -0.384. The number of halogens is 1. The second-order valence-electron chi connectivity index (χ2n) is 8.15. The molecule has 2 aromatic heterocycles. The van der Waals surface area contributed by atoms with Gasteiger partial charge in [-0.05, 0) is 48.4 Å². The van der Waals surface area contributed by atoms with E-state index in [-0.39, 0.29) is 11.6 Å². The summed E-state index contributed by atoms with van der Waals surface area (Å²) < 4.78 is 1.63. The van der Waals surface area contributed by atoms with Gasteiger partial charge in [-0.1, -0.05) is 41.6 Å². The predicted molar refractivity (Wildman–Crippen MR) is 141 cm³/mol. The van der Waals surface area contributed by atoms with Crippen molar-refractivity contribution >= 4 is 46.6 Å². The van der Waals surface area contributed by atoms with E-state index in [2.05, 4.69) is 25.7 Å². The molecular formula is C25H20ClN7O3S. The lowest BCUT2D eigenvalue weighted by atomic mass is 9.95. The van der Waals surface area contributed by atoms with Gasteiger partial charge >= 0.3 is 0 Å². The van der Waals surface area contributed by atoms with Crippen molar-refractivity contribution < 1.29 is 9.72 Å². The van der Waals surface area contributed by atoms with E-state index < -0.39 is 11.0 Å². The minimum atomic E-state index is -0.670. The van der Waals surface area contributed by atoms with E-state index in [1.54, 1.807) is 48.3 Å². The van der Waals surface area contributed by atoms with Crippen LogP contribution in [0.5, 0.6) is 0 Å². The fourth-order valence-corrected chi connectivity index (χ4v) is 5.08. The third-order valence-electron chi connectivity index (χ3n) is 5.73. The van der Waals surface area contributed by atoms with Gasteiger partial charge in [0.25, 0.3) is 11.6 Å². The summed E-state index contributed by atoms with van der Waals surface area (Å²) in [6, 6.07) is 16.4. The summed E-state index contributed by atoms with van der Waals surface area (Å²) in [5.74, 6) is 0.666. The molecule has 4 aromatic rings. The number of carbonyl (C=O) groups is 1. The molecule has 10 nitrogen and oxygen atoms in total. The molecule has 0 radical (unpaired) electrons. The van der Waals surface area contributed by atoms with Crippen molar-refractivity contribution in [3.8, 4) is 0 Å². The minimum absolute atomic E-state index is 0.0467. The van der Waals surface area contributed by atoms with Gasteiger partial charge in [0.05, 0.1) is 22.4 Å². The average Bonchev–Trinajstić information content (AvgIpc) is 3.30. The van der Waals surface area contributed by atoms with Gasteiger partial charge in [-0.25, -0.2) is 4.68 Å². The molecule has 1 amide bonds. The fraction of sp³-hybridized carbons (Fsp3) is 0.120. The Kier molecular flexibility index (Phi) is 6.89. The first-order valence-electron chi connectivity index (χ1n) is 11.2. The van der Waals surface area contributed by atoms with Crippen LogP contribution in [0.1, 0.15) is 24.1 Å². The SMILES string of the molecule is CC1=C(C(=O)Nc2cccnc2)[C@H](c2ccc([N+](=O)[O-])cc2)n2nc(SCc3ccccc3Cl)nc2N1. The Morgan fingerprint density at radius 3 is 2.68 bits per heavy atom. The summed E-state index contributed by atoms with van der Waals surface area (Å²) in [5.41, 5.74) is 3.08. The van der Waals surface area contributed by atoms with Crippen molar-refractivity contribution in [2.24, 2.45) is 0 Å². The van der Waals surface area contributed by atoms with E-state index in [4.69, 9.17) is 11.6 Å². The van der Waals surface area contributed by atoms with Gasteiger partial charge in [0.15, 0.2) is 0 Å². The molecule has 37 heavy (non-hydrogen) atoms. The Balaban J connectivity index is 1.51. The highest BCUT2D eigenvalue weighted by molar-refractivity contribution is 7.98. The topological polar surface area (TPSA) is 128 Å². The van der Waals surface area contributed by atoms with Crippen LogP contribution < -0.4 is 10.6 Å². The maximum atomic E-state index is 13.5. The summed E-state index contributed by atoms with van der Waals surface area (Å²) in [5, 5.41) is 23.1. The molecule has 0 fully saturated rings. The Morgan fingerprint density at radius 2 is 1.97 bits per heavy atom. The van der Waals surface area contributed by atoms with E-state index in [0.717, 1.165) is 5.56 Å². The number of amides is 1. The highest BCUT2D eigenvalue weighted by Crippen LogP contribution is 2.37. The Hall–Kier alpha value is -4.22. The van der Waals surface area contributed by atoms with Gasteiger partial charge in [-0.2, -0.15) is 4.98 Å². The van der Waals surface area contributed by atoms with E-state index in [9.17, 15) is 14.9 Å². The quantitative estimate of drug-likeness (QED) is 0.182. The predicted octanol–water partition coefficient (Wildman–Crippen LogP) is 5.45. The van der Waals surface area contributed by atoms with Crippen molar-refractivity contribution in [1.29, 1.82) is 0 Å². The number of anilines is 2. The number of allylic oxidation sites excluding steroid dienone is 1. The van der Waals surface area contributed by atoms with Crippen LogP contribution in [-0.2, 0) is 10.5 Å². The summed E-state index contributed by atoms with van der Waals surface area (Å²) in [6.07, 6.45) is 3.17. The lowest BCUT2D eigenvalue weighted by Crippen LogP contribution is -2.31. The number of pyridine rings is 1. The largest absolute Gasteiger partial charge is 0.328 e. The molecule has 0 unspecified atom stereocenters. The van der Waals surface area contributed by atoms with E-state index in [1.165, 1.54) is 23.9 Å². The Morgan fingerprint density at radius 1 is 1.19 bits per heavy atom. The average molecular weight is 534 g/mol. The first-order valence-corrected chi connectivity index (χ1v) is 12.5. The molecule has 2 N–H and O–H groups in total. The van der Waals surface area contributed by atoms with Crippen LogP contribution in [0.2, 0.25) is 5.02 Å².